The lowest BCUT2D eigenvalue weighted by molar-refractivity contribution is -0.121. The molecule has 13 heavy (non-hydrogen) atoms. The second kappa shape index (κ2) is 4.09. The molecule has 0 aromatic rings. The van der Waals surface area contributed by atoms with E-state index in [4.69, 9.17) is 0 Å². The zero-order chi connectivity index (χ0) is 9.90. The van der Waals surface area contributed by atoms with Gasteiger partial charge >= 0.3 is 0 Å². The molecular weight excluding hydrogens is 164 g/mol. The van der Waals surface area contributed by atoms with E-state index < -0.39 is 0 Å². The van der Waals surface area contributed by atoms with Gasteiger partial charge in [-0.25, -0.2) is 0 Å². The first-order valence-corrected chi connectivity index (χ1v) is 5.10. The van der Waals surface area contributed by atoms with E-state index >= 15 is 0 Å². The molecule has 0 saturated heterocycles. The smallest absolute Gasteiger partial charge is 0.234 e. The summed E-state index contributed by atoms with van der Waals surface area (Å²) in [5, 5.41) is 6.18. The summed E-state index contributed by atoms with van der Waals surface area (Å²) in [6.45, 7) is 6.74. The Hall–Kier alpha value is -0.570. The maximum absolute atomic E-state index is 11.3. The molecule has 0 bridgehead atoms. The molecule has 1 saturated carbocycles. The van der Waals surface area contributed by atoms with Gasteiger partial charge in [0.25, 0.3) is 0 Å². The SMILES string of the molecule is CCC(C)NCC(=O)NC1(C)CC1. The van der Waals surface area contributed by atoms with E-state index in [0.717, 1.165) is 19.3 Å². The Morgan fingerprint density at radius 3 is 2.62 bits per heavy atom. The van der Waals surface area contributed by atoms with Crippen molar-refractivity contribution in [1.29, 1.82) is 0 Å². The van der Waals surface area contributed by atoms with Crippen LogP contribution in [-0.4, -0.2) is 24.0 Å². The van der Waals surface area contributed by atoms with Crippen molar-refractivity contribution in [2.45, 2.75) is 51.6 Å². The molecule has 3 nitrogen and oxygen atoms in total. The summed E-state index contributed by atoms with van der Waals surface area (Å²) in [6.07, 6.45) is 3.31. The largest absolute Gasteiger partial charge is 0.350 e. The van der Waals surface area contributed by atoms with Crippen LogP contribution in [-0.2, 0) is 4.79 Å². The Morgan fingerprint density at radius 2 is 2.15 bits per heavy atom. The Kier molecular flexibility index (Phi) is 3.31. The lowest BCUT2D eigenvalue weighted by Crippen LogP contribution is -2.42. The fourth-order valence-electron chi connectivity index (χ4n) is 1.10. The molecule has 3 heteroatoms. The second-order valence-corrected chi connectivity index (χ2v) is 4.30. The van der Waals surface area contributed by atoms with Crippen LogP contribution in [0.2, 0.25) is 0 Å². The minimum atomic E-state index is 0.119. The minimum absolute atomic E-state index is 0.119. The third kappa shape index (κ3) is 3.77. The van der Waals surface area contributed by atoms with Crippen molar-refractivity contribution in [2.24, 2.45) is 0 Å². The summed E-state index contributed by atoms with van der Waals surface area (Å²) >= 11 is 0. The summed E-state index contributed by atoms with van der Waals surface area (Å²) in [5.74, 6) is 0.125. The van der Waals surface area contributed by atoms with Crippen LogP contribution in [0.25, 0.3) is 0 Å². The van der Waals surface area contributed by atoms with Gasteiger partial charge in [0.15, 0.2) is 0 Å². The van der Waals surface area contributed by atoms with E-state index in [1.54, 1.807) is 0 Å². The standard InChI is InChI=1S/C10H20N2O/c1-4-8(2)11-7-9(13)12-10(3)5-6-10/h8,11H,4-7H2,1-3H3,(H,12,13). The van der Waals surface area contributed by atoms with Crippen molar-refractivity contribution in [3.63, 3.8) is 0 Å². The molecule has 76 valence electrons. The highest BCUT2D eigenvalue weighted by atomic mass is 16.2. The van der Waals surface area contributed by atoms with Gasteiger partial charge in [0.05, 0.1) is 6.54 Å². The summed E-state index contributed by atoms with van der Waals surface area (Å²) in [4.78, 5) is 11.3. The first-order valence-electron chi connectivity index (χ1n) is 5.10. The van der Waals surface area contributed by atoms with Crippen molar-refractivity contribution in [3.05, 3.63) is 0 Å². The van der Waals surface area contributed by atoms with Crippen molar-refractivity contribution >= 4 is 5.91 Å². The van der Waals surface area contributed by atoms with Crippen LogP contribution in [0.1, 0.15) is 40.0 Å². The topological polar surface area (TPSA) is 41.1 Å². The molecule has 0 aromatic heterocycles. The maximum atomic E-state index is 11.3. The van der Waals surface area contributed by atoms with Gasteiger partial charge in [0, 0.05) is 11.6 Å². The van der Waals surface area contributed by atoms with Crippen LogP contribution in [0.3, 0.4) is 0 Å². The highest BCUT2D eigenvalue weighted by Gasteiger charge is 2.38. The predicted molar refractivity (Wildman–Crippen MR) is 53.5 cm³/mol. The fourth-order valence-corrected chi connectivity index (χ4v) is 1.10. The number of carbonyl (C=O) groups is 1. The molecule has 1 rings (SSSR count). The zero-order valence-electron chi connectivity index (χ0n) is 8.81. The number of hydrogen-bond acceptors (Lipinski definition) is 2. The normalized spacial score (nSPS) is 20.8. The van der Waals surface area contributed by atoms with Crippen LogP contribution in [0, 0.1) is 0 Å². The van der Waals surface area contributed by atoms with Gasteiger partial charge in [-0.1, -0.05) is 6.92 Å². The number of nitrogens with one attached hydrogen (secondary N) is 2. The molecule has 0 aromatic carbocycles. The van der Waals surface area contributed by atoms with Crippen molar-refractivity contribution in [3.8, 4) is 0 Å². The molecule has 0 radical (unpaired) electrons. The van der Waals surface area contributed by atoms with Crippen LogP contribution in [0.15, 0.2) is 0 Å². The van der Waals surface area contributed by atoms with E-state index in [-0.39, 0.29) is 11.4 Å². The number of rotatable bonds is 5. The van der Waals surface area contributed by atoms with Crippen LogP contribution < -0.4 is 10.6 Å². The van der Waals surface area contributed by atoms with Gasteiger partial charge in [-0.2, -0.15) is 0 Å². The summed E-state index contributed by atoms with van der Waals surface area (Å²) in [5.41, 5.74) is 0.119. The molecule has 2 N–H and O–H groups in total. The Morgan fingerprint density at radius 1 is 1.54 bits per heavy atom. The fraction of sp³-hybridized carbons (Fsp3) is 0.900. The van der Waals surface area contributed by atoms with E-state index in [1.807, 2.05) is 0 Å². The van der Waals surface area contributed by atoms with Crippen molar-refractivity contribution in [1.82, 2.24) is 10.6 Å². The zero-order valence-corrected chi connectivity index (χ0v) is 8.81. The number of hydrogen-bond donors (Lipinski definition) is 2. The van der Waals surface area contributed by atoms with Gasteiger partial charge < -0.3 is 10.6 Å². The highest BCUT2D eigenvalue weighted by molar-refractivity contribution is 5.79. The monoisotopic (exact) mass is 184 g/mol. The molecule has 1 amide bonds. The van der Waals surface area contributed by atoms with E-state index in [9.17, 15) is 4.79 Å². The molecule has 0 spiro atoms. The Labute approximate surface area is 80.3 Å². The summed E-state index contributed by atoms with van der Waals surface area (Å²) in [6, 6.07) is 0.428. The first-order chi connectivity index (χ1) is 6.06. The first kappa shape index (κ1) is 10.5. The quantitative estimate of drug-likeness (QED) is 0.670. The number of carbonyl (C=O) groups excluding carboxylic acids is 1. The average molecular weight is 184 g/mol. The molecule has 1 aliphatic rings. The molecule has 1 unspecified atom stereocenters. The van der Waals surface area contributed by atoms with Gasteiger partial charge in [-0.15, -0.1) is 0 Å². The Balaban J connectivity index is 2.11. The molecule has 0 aliphatic heterocycles. The van der Waals surface area contributed by atoms with Gasteiger partial charge in [0.2, 0.25) is 5.91 Å². The van der Waals surface area contributed by atoms with Gasteiger partial charge in [0.1, 0.15) is 0 Å². The van der Waals surface area contributed by atoms with Crippen molar-refractivity contribution < 1.29 is 4.79 Å². The van der Waals surface area contributed by atoms with E-state index in [0.29, 0.717) is 12.6 Å². The van der Waals surface area contributed by atoms with E-state index in [1.165, 1.54) is 0 Å². The number of amides is 1. The third-order valence-electron chi connectivity index (χ3n) is 2.66. The average Bonchev–Trinajstić information content (AvgIpc) is 2.79. The second-order valence-electron chi connectivity index (χ2n) is 4.30. The van der Waals surface area contributed by atoms with Crippen LogP contribution >= 0.6 is 0 Å². The van der Waals surface area contributed by atoms with Gasteiger partial charge in [-0.05, 0) is 33.1 Å². The summed E-state index contributed by atoms with van der Waals surface area (Å²) < 4.78 is 0. The molecular formula is C10H20N2O. The van der Waals surface area contributed by atoms with E-state index in [2.05, 4.69) is 31.4 Å². The lowest BCUT2D eigenvalue weighted by atomic mass is 10.2. The maximum Gasteiger partial charge on any atom is 0.234 e. The lowest BCUT2D eigenvalue weighted by Gasteiger charge is -2.14. The molecule has 1 atom stereocenters. The highest BCUT2D eigenvalue weighted by Crippen LogP contribution is 2.33. The van der Waals surface area contributed by atoms with Crippen molar-refractivity contribution in [2.75, 3.05) is 6.54 Å². The van der Waals surface area contributed by atoms with Crippen LogP contribution in [0.4, 0.5) is 0 Å². The Bertz CT molecular complexity index is 187. The third-order valence-corrected chi connectivity index (χ3v) is 2.66. The van der Waals surface area contributed by atoms with Gasteiger partial charge in [-0.3, -0.25) is 4.79 Å². The molecule has 1 fully saturated rings. The molecule has 0 heterocycles. The van der Waals surface area contributed by atoms with Crippen LogP contribution in [0.5, 0.6) is 0 Å². The summed E-state index contributed by atoms with van der Waals surface area (Å²) in [7, 11) is 0. The predicted octanol–water partition coefficient (Wildman–Crippen LogP) is 1.04. The minimum Gasteiger partial charge on any atom is -0.350 e. The molecule has 1 aliphatic carbocycles.